The zero-order valence-corrected chi connectivity index (χ0v) is 19.3. The van der Waals surface area contributed by atoms with Gasteiger partial charge in [0.25, 0.3) is 0 Å². The fourth-order valence-corrected chi connectivity index (χ4v) is 5.11. The Balaban J connectivity index is 1.55. The number of anilines is 1. The molecule has 6 nitrogen and oxygen atoms in total. The number of hydrogen-bond acceptors (Lipinski definition) is 4. The van der Waals surface area contributed by atoms with Crippen LogP contribution in [-0.4, -0.2) is 48.5 Å². The van der Waals surface area contributed by atoms with Crippen molar-refractivity contribution in [1.29, 1.82) is 0 Å². The summed E-state index contributed by atoms with van der Waals surface area (Å²) in [6, 6.07) is 12.4. The first kappa shape index (κ1) is 23.2. The Morgan fingerprint density at radius 2 is 2.06 bits per heavy atom. The van der Waals surface area contributed by atoms with Gasteiger partial charge in [-0.3, -0.25) is 14.5 Å². The zero-order valence-electron chi connectivity index (χ0n) is 19.3. The van der Waals surface area contributed by atoms with Crippen LogP contribution in [0.15, 0.2) is 42.5 Å². The fraction of sp³-hybridized carbons (Fsp3) is 0.462. The van der Waals surface area contributed by atoms with E-state index in [9.17, 15) is 14.0 Å². The van der Waals surface area contributed by atoms with Gasteiger partial charge in [0.15, 0.2) is 0 Å². The summed E-state index contributed by atoms with van der Waals surface area (Å²) in [5, 5.41) is 6.18. The van der Waals surface area contributed by atoms with Crippen LogP contribution in [-0.2, 0) is 16.0 Å². The van der Waals surface area contributed by atoms with E-state index in [2.05, 4.69) is 15.5 Å². The van der Waals surface area contributed by atoms with Gasteiger partial charge in [-0.2, -0.15) is 0 Å². The average Bonchev–Trinajstić information content (AvgIpc) is 3.07. The van der Waals surface area contributed by atoms with E-state index in [1.165, 1.54) is 6.07 Å². The van der Waals surface area contributed by atoms with Gasteiger partial charge in [0.1, 0.15) is 11.6 Å². The fourth-order valence-electron chi connectivity index (χ4n) is 5.11. The van der Waals surface area contributed by atoms with Crippen molar-refractivity contribution in [2.24, 2.45) is 0 Å². The molecule has 0 aliphatic carbocycles. The van der Waals surface area contributed by atoms with E-state index in [-0.39, 0.29) is 42.3 Å². The van der Waals surface area contributed by atoms with Crippen molar-refractivity contribution < 1.29 is 18.7 Å². The number of likely N-dealkylation sites (tertiary alicyclic amines) is 1. The van der Waals surface area contributed by atoms with E-state index < -0.39 is 0 Å². The second kappa shape index (κ2) is 10.3. The normalized spacial score (nSPS) is 23.2. The largest absolute Gasteiger partial charge is 0.497 e. The molecule has 2 aromatic carbocycles. The quantitative estimate of drug-likeness (QED) is 0.698. The Labute approximate surface area is 194 Å². The van der Waals surface area contributed by atoms with Gasteiger partial charge in [-0.15, -0.1) is 0 Å². The number of carbonyl (C=O) groups excluding carboxylic acids is 2. The molecule has 2 amide bonds. The Hall–Kier alpha value is -2.93. The van der Waals surface area contributed by atoms with Crippen LogP contribution >= 0.6 is 0 Å². The second-order valence-electron chi connectivity index (χ2n) is 9.07. The average molecular weight is 454 g/mol. The number of benzene rings is 2. The predicted octanol–water partition coefficient (Wildman–Crippen LogP) is 3.83. The molecule has 2 aliphatic rings. The van der Waals surface area contributed by atoms with Crippen molar-refractivity contribution in [1.82, 2.24) is 10.2 Å². The standard InChI is InChI=1S/C26H32FN3O3/c1-17-11-12-20(33-2)15-22(17)28-26(32)16-30-19(13-18-7-3-4-8-21(18)27)14-23-24(30)9-5-6-10-25(31)29-23/h3-4,7-8,11-12,15,19,23-24H,5-6,9-10,13-14,16H2,1-2H3,(H,28,32)(H,29,31)/t19-,23+,24-/m0/s1. The van der Waals surface area contributed by atoms with Gasteiger partial charge >= 0.3 is 0 Å². The third-order valence-electron chi connectivity index (χ3n) is 6.84. The van der Waals surface area contributed by atoms with Gasteiger partial charge < -0.3 is 15.4 Å². The summed E-state index contributed by atoms with van der Waals surface area (Å²) in [4.78, 5) is 27.6. The molecule has 0 aromatic heterocycles. The van der Waals surface area contributed by atoms with E-state index in [0.29, 0.717) is 36.3 Å². The first-order valence-corrected chi connectivity index (χ1v) is 11.7. The van der Waals surface area contributed by atoms with Crippen LogP contribution in [0.3, 0.4) is 0 Å². The molecule has 2 aromatic rings. The van der Waals surface area contributed by atoms with E-state index in [1.807, 2.05) is 31.2 Å². The lowest BCUT2D eigenvalue weighted by molar-refractivity contribution is -0.122. The first-order valence-electron chi connectivity index (χ1n) is 11.7. The highest BCUT2D eigenvalue weighted by Crippen LogP contribution is 2.32. The number of halogens is 1. The van der Waals surface area contributed by atoms with Crippen molar-refractivity contribution >= 4 is 17.5 Å². The van der Waals surface area contributed by atoms with E-state index in [1.54, 1.807) is 19.2 Å². The molecule has 2 aliphatic heterocycles. The summed E-state index contributed by atoms with van der Waals surface area (Å²) in [7, 11) is 1.59. The Kier molecular flexibility index (Phi) is 7.28. The smallest absolute Gasteiger partial charge is 0.238 e. The molecule has 33 heavy (non-hydrogen) atoms. The number of hydrogen-bond donors (Lipinski definition) is 2. The molecule has 0 bridgehead atoms. The van der Waals surface area contributed by atoms with Gasteiger partial charge in [-0.05, 0) is 55.9 Å². The first-order chi connectivity index (χ1) is 15.9. The van der Waals surface area contributed by atoms with Crippen LogP contribution in [0.4, 0.5) is 10.1 Å². The molecular formula is C26H32FN3O3. The number of ether oxygens (including phenoxy) is 1. The molecular weight excluding hydrogens is 421 g/mol. The van der Waals surface area contributed by atoms with Crippen molar-refractivity contribution in [2.45, 2.75) is 63.6 Å². The monoisotopic (exact) mass is 453 g/mol. The third kappa shape index (κ3) is 5.53. The van der Waals surface area contributed by atoms with Gasteiger partial charge in [-0.1, -0.05) is 30.7 Å². The lowest BCUT2D eigenvalue weighted by atomic mass is 9.97. The molecule has 2 heterocycles. The van der Waals surface area contributed by atoms with Gasteiger partial charge in [-0.25, -0.2) is 4.39 Å². The number of aryl methyl sites for hydroxylation is 1. The van der Waals surface area contributed by atoms with Crippen LogP contribution in [0.5, 0.6) is 5.75 Å². The molecule has 3 atom stereocenters. The Morgan fingerprint density at radius 1 is 1.24 bits per heavy atom. The minimum Gasteiger partial charge on any atom is -0.497 e. The maximum Gasteiger partial charge on any atom is 0.238 e. The molecule has 4 rings (SSSR count). The third-order valence-corrected chi connectivity index (χ3v) is 6.84. The summed E-state index contributed by atoms with van der Waals surface area (Å²) in [5.74, 6) is 0.381. The minimum absolute atomic E-state index is 0.0269. The second-order valence-corrected chi connectivity index (χ2v) is 9.07. The van der Waals surface area contributed by atoms with Gasteiger partial charge in [0.2, 0.25) is 11.8 Å². The van der Waals surface area contributed by atoms with Gasteiger partial charge in [0, 0.05) is 36.3 Å². The highest BCUT2D eigenvalue weighted by atomic mass is 19.1. The van der Waals surface area contributed by atoms with Crippen molar-refractivity contribution in [3.05, 3.63) is 59.4 Å². The molecule has 0 radical (unpaired) electrons. The molecule has 0 spiro atoms. The van der Waals surface area contributed by atoms with Crippen LogP contribution in [0, 0.1) is 12.7 Å². The van der Waals surface area contributed by atoms with Crippen LogP contribution in [0.1, 0.15) is 43.2 Å². The number of rotatable bonds is 6. The number of nitrogens with zero attached hydrogens (tertiary/aromatic N) is 1. The zero-order chi connectivity index (χ0) is 23.4. The minimum atomic E-state index is -0.234. The highest BCUT2D eigenvalue weighted by molar-refractivity contribution is 5.93. The predicted molar refractivity (Wildman–Crippen MR) is 126 cm³/mol. The number of amides is 2. The molecule has 2 saturated heterocycles. The van der Waals surface area contributed by atoms with E-state index >= 15 is 0 Å². The maximum absolute atomic E-state index is 14.4. The SMILES string of the molecule is COc1ccc(C)c(NC(=O)CN2[C@@H](Cc3ccccc3F)C[C@H]3NC(=O)CCCC[C@@H]32)c1. The summed E-state index contributed by atoms with van der Waals surface area (Å²) in [5.41, 5.74) is 2.30. The molecule has 176 valence electrons. The summed E-state index contributed by atoms with van der Waals surface area (Å²) in [6.07, 6.45) is 4.43. The highest BCUT2D eigenvalue weighted by Gasteiger charge is 2.42. The lowest BCUT2D eigenvalue weighted by Gasteiger charge is -2.32. The molecule has 7 heteroatoms. The Bertz CT molecular complexity index is 1010. The van der Waals surface area contributed by atoms with Crippen LogP contribution in [0.2, 0.25) is 0 Å². The Morgan fingerprint density at radius 3 is 2.85 bits per heavy atom. The number of fused-ring (bicyclic) bond motifs is 1. The van der Waals surface area contributed by atoms with E-state index in [0.717, 1.165) is 24.8 Å². The van der Waals surface area contributed by atoms with Crippen molar-refractivity contribution in [2.75, 3.05) is 19.0 Å². The maximum atomic E-state index is 14.4. The summed E-state index contributed by atoms with van der Waals surface area (Å²) >= 11 is 0. The van der Waals surface area contributed by atoms with Gasteiger partial charge in [0.05, 0.1) is 13.7 Å². The molecule has 2 N–H and O–H groups in total. The number of methoxy groups -OCH3 is 1. The number of carbonyl (C=O) groups is 2. The molecule has 0 unspecified atom stereocenters. The lowest BCUT2D eigenvalue weighted by Crippen LogP contribution is -2.48. The van der Waals surface area contributed by atoms with Crippen LogP contribution in [0.25, 0.3) is 0 Å². The summed E-state index contributed by atoms with van der Waals surface area (Å²) < 4.78 is 19.7. The number of nitrogens with one attached hydrogen (secondary N) is 2. The van der Waals surface area contributed by atoms with Crippen LogP contribution < -0.4 is 15.4 Å². The van der Waals surface area contributed by atoms with E-state index in [4.69, 9.17) is 4.74 Å². The van der Waals surface area contributed by atoms with Crippen molar-refractivity contribution in [3.63, 3.8) is 0 Å². The molecule has 2 fully saturated rings. The molecule has 0 saturated carbocycles. The topological polar surface area (TPSA) is 70.7 Å². The van der Waals surface area contributed by atoms with Crippen molar-refractivity contribution in [3.8, 4) is 5.75 Å². The summed E-state index contributed by atoms with van der Waals surface area (Å²) in [6.45, 7) is 2.12.